The summed E-state index contributed by atoms with van der Waals surface area (Å²) in [7, 11) is 4.47. The van der Waals surface area contributed by atoms with Gasteiger partial charge in [0.2, 0.25) is 0 Å². The predicted octanol–water partition coefficient (Wildman–Crippen LogP) is 3.60. The molecule has 1 heterocycles. The van der Waals surface area contributed by atoms with Crippen LogP contribution in [-0.4, -0.2) is 42.0 Å². The average molecular weight is 272 g/mol. The van der Waals surface area contributed by atoms with Crippen LogP contribution in [0, 0.1) is 5.92 Å². The van der Waals surface area contributed by atoms with Crippen LogP contribution in [0.5, 0.6) is 0 Å². The van der Waals surface area contributed by atoms with Gasteiger partial charge in [0.1, 0.15) is 0 Å². The Labute approximate surface area is 124 Å². The number of likely N-dealkylation sites (N-methyl/N-ethyl adjacent to an activating group) is 2. The van der Waals surface area contributed by atoms with Crippen LogP contribution in [0.3, 0.4) is 0 Å². The topological polar surface area (TPSA) is 6.48 Å². The Hall–Kier alpha value is -1.28. The summed E-state index contributed by atoms with van der Waals surface area (Å²) in [6, 6.07) is 0.612. The highest BCUT2D eigenvalue weighted by atomic mass is 15.3. The van der Waals surface area contributed by atoms with E-state index in [1.165, 1.54) is 11.1 Å². The first-order valence-electron chi connectivity index (χ1n) is 7.69. The molecule has 3 atom stereocenters. The Morgan fingerprint density at radius 3 is 2.65 bits per heavy atom. The molecular weight excluding hydrogens is 244 g/mol. The molecule has 2 rings (SSSR count). The third-order valence-corrected chi connectivity index (χ3v) is 5.08. The van der Waals surface area contributed by atoms with E-state index in [4.69, 9.17) is 0 Å². The third-order valence-electron chi connectivity index (χ3n) is 5.08. The molecule has 0 N–H and O–H groups in total. The van der Waals surface area contributed by atoms with Crippen molar-refractivity contribution >= 4 is 0 Å². The molecule has 2 nitrogen and oxygen atoms in total. The van der Waals surface area contributed by atoms with Crippen LogP contribution in [0.1, 0.15) is 27.2 Å². The van der Waals surface area contributed by atoms with Crippen LogP contribution in [0.4, 0.5) is 0 Å². The normalized spacial score (nSPS) is 34.6. The maximum Gasteiger partial charge on any atom is 0.0847 e. The maximum absolute atomic E-state index is 3.75. The molecule has 1 aliphatic heterocycles. The quantitative estimate of drug-likeness (QED) is 0.706. The lowest BCUT2D eigenvalue weighted by Crippen LogP contribution is -2.37. The van der Waals surface area contributed by atoms with Gasteiger partial charge in [0, 0.05) is 25.2 Å². The first-order chi connectivity index (χ1) is 9.55. The number of nitrogens with zero attached hydrogens (tertiary/aromatic N) is 2. The number of rotatable bonds is 5. The summed E-state index contributed by atoms with van der Waals surface area (Å²) in [6.07, 6.45) is 11.7. The van der Waals surface area contributed by atoms with Gasteiger partial charge in [0.15, 0.2) is 0 Å². The van der Waals surface area contributed by atoms with Gasteiger partial charge in [-0.2, -0.15) is 0 Å². The van der Waals surface area contributed by atoms with Crippen LogP contribution in [0.15, 0.2) is 48.2 Å². The van der Waals surface area contributed by atoms with Gasteiger partial charge < -0.3 is 9.80 Å². The Kier molecular flexibility index (Phi) is 4.24. The van der Waals surface area contributed by atoms with Gasteiger partial charge in [-0.25, -0.2) is 0 Å². The van der Waals surface area contributed by atoms with Gasteiger partial charge in [-0.15, -0.1) is 0 Å². The van der Waals surface area contributed by atoms with Crippen molar-refractivity contribution in [1.29, 1.82) is 0 Å². The first-order valence-corrected chi connectivity index (χ1v) is 7.69. The Morgan fingerprint density at radius 2 is 2.10 bits per heavy atom. The molecule has 110 valence electrons. The molecule has 20 heavy (non-hydrogen) atoms. The van der Waals surface area contributed by atoms with Gasteiger partial charge >= 0.3 is 0 Å². The molecule has 2 aliphatic rings. The highest BCUT2D eigenvalue weighted by Gasteiger charge is 2.69. The summed E-state index contributed by atoms with van der Waals surface area (Å²) in [6.45, 7) is 11.7. The summed E-state index contributed by atoms with van der Waals surface area (Å²) >= 11 is 0. The molecule has 1 spiro atoms. The van der Waals surface area contributed by atoms with Crippen molar-refractivity contribution in [3.05, 3.63) is 48.2 Å². The smallest absolute Gasteiger partial charge is 0.0847 e. The number of hydrogen-bond acceptors (Lipinski definition) is 2. The number of allylic oxidation sites excluding steroid dienone is 4. The molecule has 0 saturated heterocycles. The van der Waals surface area contributed by atoms with E-state index >= 15 is 0 Å². The Bertz CT molecular complexity index is 472. The van der Waals surface area contributed by atoms with Crippen molar-refractivity contribution in [2.45, 2.75) is 38.8 Å². The van der Waals surface area contributed by atoms with Crippen LogP contribution in [-0.2, 0) is 0 Å². The lowest BCUT2D eigenvalue weighted by Gasteiger charge is -2.27. The fraction of sp³-hybridized carbons (Fsp3) is 0.556. The Morgan fingerprint density at radius 1 is 1.40 bits per heavy atom. The lowest BCUT2D eigenvalue weighted by molar-refractivity contribution is 0.263. The summed E-state index contributed by atoms with van der Waals surface area (Å²) in [5.74, 6) is 0.668. The van der Waals surface area contributed by atoms with Crippen LogP contribution in [0.2, 0.25) is 0 Å². The van der Waals surface area contributed by atoms with Gasteiger partial charge in [0.25, 0.3) is 0 Å². The van der Waals surface area contributed by atoms with E-state index < -0.39 is 0 Å². The highest BCUT2D eigenvalue weighted by Crippen LogP contribution is 2.60. The fourth-order valence-electron chi connectivity index (χ4n) is 3.98. The van der Waals surface area contributed by atoms with E-state index in [2.05, 4.69) is 69.6 Å². The van der Waals surface area contributed by atoms with E-state index in [9.17, 15) is 0 Å². The van der Waals surface area contributed by atoms with E-state index in [0.717, 1.165) is 13.0 Å². The van der Waals surface area contributed by atoms with Crippen molar-refractivity contribution in [1.82, 2.24) is 9.80 Å². The van der Waals surface area contributed by atoms with Gasteiger partial charge in [-0.05, 0) is 31.2 Å². The minimum Gasteiger partial charge on any atom is -0.369 e. The van der Waals surface area contributed by atoms with Crippen molar-refractivity contribution in [3.63, 3.8) is 0 Å². The SMILES string of the molecule is C=C/C=C\C=C1/C(CC)=CN(C)C12C(C)C2N(C)CC. The summed E-state index contributed by atoms with van der Waals surface area (Å²) in [5.41, 5.74) is 3.15. The van der Waals surface area contributed by atoms with Gasteiger partial charge in [-0.3, -0.25) is 0 Å². The van der Waals surface area contributed by atoms with Crippen molar-refractivity contribution in [2.24, 2.45) is 5.92 Å². The molecular formula is C18H28N2. The average Bonchev–Trinajstić information content (AvgIpc) is 2.96. The molecule has 1 aliphatic carbocycles. The molecule has 0 amide bonds. The molecule has 0 aromatic rings. The largest absolute Gasteiger partial charge is 0.369 e. The molecule has 0 bridgehead atoms. The summed E-state index contributed by atoms with van der Waals surface area (Å²) in [4.78, 5) is 4.93. The van der Waals surface area contributed by atoms with Crippen LogP contribution < -0.4 is 0 Å². The number of hydrogen-bond donors (Lipinski definition) is 0. The molecule has 2 heteroatoms. The third kappa shape index (κ3) is 1.98. The second-order valence-corrected chi connectivity index (χ2v) is 5.95. The minimum atomic E-state index is 0.182. The van der Waals surface area contributed by atoms with Crippen molar-refractivity contribution in [2.75, 3.05) is 20.6 Å². The highest BCUT2D eigenvalue weighted by molar-refractivity contribution is 5.56. The van der Waals surface area contributed by atoms with Crippen molar-refractivity contribution in [3.8, 4) is 0 Å². The van der Waals surface area contributed by atoms with E-state index in [1.807, 2.05) is 12.2 Å². The minimum absolute atomic E-state index is 0.182. The summed E-state index contributed by atoms with van der Waals surface area (Å²) in [5, 5.41) is 0. The predicted molar refractivity (Wildman–Crippen MR) is 87.5 cm³/mol. The fourth-order valence-corrected chi connectivity index (χ4v) is 3.98. The first kappa shape index (κ1) is 15.1. The zero-order valence-corrected chi connectivity index (χ0v) is 13.6. The standard InChI is InChI=1S/C18H28N2/c1-7-10-11-12-16-15(8-2)13-20(6)18(16)14(4)17(18)19(5)9-3/h7,10-14,17H,1,8-9H2,2-6H3/b11-10-,16-12+. The zero-order valence-electron chi connectivity index (χ0n) is 13.6. The van der Waals surface area contributed by atoms with E-state index in [1.54, 1.807) is 0 Å². The monoisotopic (exact) mass is 272 g/mol. The maximum atomic E-state index is 3.75. The molecule has 0 aromatic carbocycles. The second-order valence-electron chi connectivity index (χ2n) is 5.95. The molecule has 1 fully saturated rings. The molecule has 3 unspecified atom stereocenters. The van der Waals surface area contributed by atoms with Gasteiger partial charge in [0.05, 0.1) is 5.54 Å². The van der Waals surface area contributed by atoms with Crippen molar-refractivity contribution < 1.29 is 0 Å². The molecule has 0 aromatic heterocycles. The van der Waals surface area contributed by atoms with Gasteiger partial charge in [-0.1, -0.05) is 51.7 Å². The Balaban J connectivity index is 2.39. The van der Waals surface area contributed by atoms with Crippen LogP contribution in [0.25, 0.3) is 0 Å². The summed E-state index contributed by atoms with van der Waals surface area (Å²) < 4.78 is 0. The zero-order chi connectivity index (χ0) is 14.9. The van der Waals surface area contributed by atoms with E-state index in [-0.39, 0.29) is 5.54 Å². The second kappa shape index (κ2) is 5.61. The molecule has 1 saturated carbocycles. The molecule has 0 radical (unpaired) electrons. The lowest BCUT2D eigenvalue weighted by atomic mass is 9.95. The van der Waals surface area contributed by atoms with E-state index in [0.29, 0.717) is 12.0 Å². The van der Waals surface area contributed by atoms with Crippen LogP contribution >= 0.6 is 0 Å².